The number of benzene rings is 2. The van der Waals surface area contributed by atoms with Crippen LogP contribution in [0.15, 0.2) is 59.0 Å². The fraction of sp³-hybridized carbons (Fsp3) is 0.240. The van der Waals surface area contributed by atoms with E-state index >= 15 is 0 Å². The molecule has 0 saturated heterocycles. The molecule has 0 spiro atoms. The van der Waals surface area contributed by atoms with Gasteiger partial charge in [0.25, 0.3) is 11.8 Å². The van der Waals surface area contributed by atoms with E-state index < -0.39 is 0 Å². The smallest absolute Gasteiger partial charge is 0.291 e. The van der Waals surface area contributed by atoms with Crippen molar-refractivity contribution in [3.05, 3.63) is 77.3 Å². The summed E-state index contributed by atoms with van der Waals surface area (Å²) in [5.41, 5.74) is 4.21. The predicted octanol–water partition coefficient (Wildman–Crippen LogP) is 5.55. The molecule has 0 bridgehead atoms. The zero-order chi connectivity index (χ0) is 22.7. The van der Waals surface area contributed by atoms with Gasteiger partial charge >= 0.3 is 0 Å². The molecule has 2 aromatic carbocycles. The summed E-state index contributed by atoms with van der Waals surface area (Å²) in [6.45, 7) is 6.82. The van der Waals surface area contributed by atoms with Crippen molar-refractivity contribution < 1.29 is 14.0 Å². The summed E-state index contributed by atoms with van der Waals surface area (Å²) in [4.78, 5) is 25.2. The second kappa shape index (κ2) is 9.09. The van der Waals surface area contributed by atoms with Gasteiger partial charge < -0.3 is 15.1 Å². The summed E-state index contributed by atoms with van der Waals surface area (Å²) < 4.78 is 7.53. The number of hydrogen-bond donors (Lipinski definition) is 2. The Morgan fingerprint density at radius 3 is 2.47 bits per heavy atom. The van der Waals surface area contributed by atoms with Crippen LogP contribution in [-0.2, 0) is 6.54 Å². The molecule has 0 unspecified atom stereocenters. The number of amides is 2. The Morgan fingerprint density at radius 2 is 1.75 bits per heavy atom. The van der Waals surface area contributed by atoms with Crippen LogP contribution in [0.3, 0.4) is 0 Å². The van der Waals surface area contributed by atoms with Crippen LogP contribution < -0.4 is 10.6 Å². The molecule has 2 aromatic heterocycles. The number of carbonyl (C=O) groups excluding carboxylic acids is 2. The summed E-state index contributed by atoms with van der Waals surface area (Å²) in [6.07, 6.45) is 2.12. The number of aryl methyl sites for hydroxylation is 2. The molecule has 0 saturated carbocycles. The number of fused-ring (bicyclic) bond motifs is 1. The van der Waals surface area contributed by atoms with Crippen molar-refractivity contribution in [1.29, 1.82) is 0 Å². The van der Waals surface area contributed by atoms with Gasteiger partial charge in [-0.15, -0.1) is 0 Å². The van der Waals surface area contributed by atoms with Crippen LogP contribution in [-0.4, -0.2) is 21.6 Å². The van der Waals surface area contributed by atoms with E-state index in [0.29, 0.717) is 16.8 Å². The van der Waals surface area contributed by atoms with Gasteiger partial charge in [0.05, 0.1) is 17.1 Å². The molecule has 7 heteroatoms. The highest BCUT2D eigenvalue weighted by Gasteiger charge is 2.16. The quantitative estimate of drug-likeness (QED) is 0.402. The lowest BCUT2D eigenvalue weighted by Crippen LogP contribution is -2.14. The maximum Gasteiger partial charge on any atom is 0.291 e. The topological polar surface area (TPSA) is 89.2 Å². The van der Waals surface area contributed by atoms with Gasteiger partial charge in [-0.1, -0.05) is 31.5 Å². The van der Waals surface area contributed by atoms with Crippen LogP contribution in [0.2, 0.25) is 0 Å². The standard InChI is InChI=1S/C25H26N4O3/c1-4-5-14-29-17(3)23(16(2)28-29)27-24(30)18-10-12-20(13-11-18)26-25(31)22-15-19-8-6-7-9-21(19)32-22/h6-13,15H,4-5,14H2,1-3H3,(H,26,31)(H,27,30). The summed E-state index contributed by atoms with van der Waals surface area (Å²) >= 11 is 0. The lowest BCUT2D eigenvalue weighted by Gasteiger charge is -2.08. The van der Waals surface area contributed by atoms with Crippen molar-refractivity contribution in [3.8, 4) is 0 Å². The Bertz CT molecular complexity index is 1240. The van der Waals surface area contributed by atoms with Gasteiger partial charge in [-0.3, -0.25) is 14.3 Å². The van der Waals surface area contributed by atoms with Crippen molar-refractivity contribution in [2.24, 2.45) is 0 Å². The van der Waals surface area contributed by atoms with Gasteiger partial charge in [0.2, 0.25) is 0 Å². The molecule has 4 rings (SSSR count). The monoisotopic (exact) mass is 430 g/mol. The highest BCUT2D eigenvalue weighted by molar-refractivity contribution is 6.06. The molecule has 2 N–H and O–H groups in total. The van der Waals surface area contributed by atoms with E-state index in [1.807, 2.05) is 42.8 Å². The summed E-state index contributed by atoms with van der Waals surface area (Å²) in [5, 5.41) is 11.2. The number of hydrogen-bond acceptors (Lipinski definition) is 4. The van der Waals surface area contributed by atoms with Crippen LogP contribution in [0.4, 0.5) is 11.4 Å². The number of nitrogens with one attached hydrogen (secondary N) is 2. The maximum atomic E-state index is 12.7. The third-order valence-electron chi connectivity index (χ3n) is 5.40. The number of rotatable bonds is 7. The number of nitrogens with zero attached hydrogens (tertiary/aromatic N) is 2. The summed E-state index contributed by atoms with van der Waals surface area (Å²) in [6, 6.07) is 15.9. The minimum atomic E-state index is -0.343. The molecule has 4 aromatic rings. The predicted molar refractivity (Wildman–Crippen MR) is 125 cm³/mol. The SMILES string of the molecule is CCCCn1nc(C)c(NC(=O)c2ccc(NC(=O)c3cc4ccccc4o3)cc2)c1C. The van der Waals surface area contributed by atoms with Crippen molar-refractivity contribution in [2.45, 2.75) is 40.2 Å². The molecular formula is C25H26N4O3. The second-order valence-corrected chi connectivity index (χ2v) is 7.76. The first-order valence-corrected chi connectivity index (χ1v) is 10.7. The van der Waals surface area contributed by atoms with Crippen molar-refractivity contribution in [3.63, 3.8) is 0 Å². The van der Waals surface area contributed by atoms with E-state index in [2.05, 4.69) is 22.7 Å². The fourth-order valence-electron chi connectivity index (χ4n) is 3.58. The Balaban J connectivity index is 1.42. The minimum Gasteiger partial charge on any atom is -0.451 e. The third-order valence-corrected chi connectivity index (χ3v) is 5.40. The molecule has 7 nitrogen and oxygen atoms in total. The van der Waals surface area contributed by atoms with Gasteiger partial charge in [0.1, 0.15) is 5.58 Å². The van der Waals surface area contributed by atoms with Crippen LogP contribution in [0.25, 0.3) is 11.0 Å². The molecule has 0 atom stereocenters. The van der Waals surface area contributed by atoms with E-state index in [-0.39, 0.29) is 17.6 Å². The Hall–Kier alpha value is -3.87. The maximum absolute atomic E-state index is 12.7. The zero-order valence-corrected chi connectivity index (χ0v) is 18.4. The van der Waals surface area contributed by atoms with Crippen molar-refractivity contribution in [1.82, 2.24) is 9.78 Å². The van der Waals surface area contributed by atoms with E-state index in [1.165, 1.54) is 0 Å². The Kier molecular flexibility index (Phi) is 6.07. The fourth-order valence-corrected chi connectivity index (χ4v) is 3.58. The zero-order valence-electron chi connectivity index (χ0n) is 18.4. The lowest BCUT2D eigenvalue weighted by molar-refractivity contribution is 0.0997. The average Bonchev–Trinajstić information content (AvgIpc) is 3.34. The molecule has 2 amide bonds. The van der Waals surface area contributed by atoms with E-state index in [1.54, 1.807) is 30.3 Å². The lowest BCUT2D eigenvalue weighted by atomic mass is 10.2. The first kappa shape index (κ1) is 21.4. The molecule has 164 valence electrons. The highest BCUT2D eigenvalue weighted by Crippen LogP contribution is 2.22. The van der Waals surface area contributed by atoms with Crippen molar-refractivity contribution >= 4 is 34.2 Å². The minimum absolute atomic E-state index is 0.221. The van der Waals surface area contributed by atoms with Gasteiger partial charge in [-0.25, -0.2) is 0 Å². The number of furan rings is 1. The van der Waals surface area contributed by atoms with Crippen LogP contribution in [0, 0.1) is 13.8 Å². The van der Waals surface area contributed by atoms with Crippen LogP contribution >= 0.6 is 0 Å². The molecule has 0 aliphatic carbocycles. The number of unbranched alkanes of at least 4 members (excludes halogenated alkanes) is 1. The van der Waals surface area contributed by atoms with Gasteiger partial charge in [0.15, 0.2) is 5.76 Å². The summed E-state index contributed by atoms with van der Waals surface area (Å²) in [5.74, 6) is -0.329. The third kappa shape index (κ3) is 4.42. The highest BCUT2D eigenvalue weighted by atomic mass is 16.3. The molecule has 0 aliphatic rings. The number of carbonyl (C=O) groups is 2. The normalized spacial score (nSPS) is 11.0. The number of anilines is 2. The van der Waals surface area contributed by atoms with Crippen molar-refractivity contribution in [2.75, 3.05) is 10.6 Å². The van der Waals surface area contributed by atoms with Crippen LogP contribution in [0.1, 0.15) is 52.1 Å². The summed E-state index contributed by atoms with van der Waals surface area (Å²) in [7, 11) is 0. The van der Waals surface area contributed by atoms with Gasteiger partial charge in [-0.05, 0) is 56.7 Å². The average molecular weight is 431 g/mol. The second-order valence-electron chi connectivity index (χ2n) is 7.76. The largest absolute Gasteiger partial charge is 0.451 e. The first-order chi connectivity index (χ1) is 15.5. The van der Waals surface area contributed by atoms with E-state index in [0.717, 1.165) is 41.8 Å². The molecular weight excluding hydrogens is 404 g/mol. The first-order valence-electron chi connectivity index (χ1n) is 10.7. The van der Waals surface area contributed by atoms with Gasteiger partial charge in [0, 0.05) is 23.2 Å². The number of para-hydroxylation sites is 1. The molecule has 0 radical (unpaired) electrons. The molecule has 0 aliphatic heterocycles. The Labute approximate surface area is 186 Å². The molecule has 2 heterocycles. The Morgan fingerprint density at radius 1 is 1.00 bits per heavy atom. The molecule has 0 fully saturated rings. The van der Waals surface area contributed by atoms with Crippen LogP contribution in [0.5, 0.6) is 0 Å². The molecule has 32 heavy (non-hydrogen) atoms. The van der Waals surface area contributed by atoms with Gasteiger partial charge in [-0.2, -0.15) is 5.10 Å². The number of aromatic nitrogens is 2. The van der Waals surface area contributed by atoms with E-state index in [9.17, 15) is 9.59 Å². The van der Waals surface area contributed by atoms with E-state index in [4.69, 9.17) is 4.42 Å².